The van der Waals surface area contributed by atoms with Crippen LogP contribution in [-0.2, 0) is 0 Å². The summed E-state index contributed by atoms with van der Waals surface area (Å²) in [4.78, 5) is 1.97. The van der Waals surface area contributed by atoms with E-state index in [4.69, 9.17) is 10.4 Å². The SMILES string of the molecule is N#CC(c1ccccc1)N1CC(O)C1. The molecule has 1 aromatic rings. The van der Waals surface area contributed by atoms with Crippen molar-refractivity contribution in [2.24, 2.45) is 0 Å². The maximum atomic E-state index is 9.16. The Kier molecular flexibility index (Phi) is 2.49. The van der Waals surface area contributed by atoms with Gasteiger partial charge in [-0.05, 0) is 5.56 Å². The van der Waals surface area contributed by atoms with Crippen LogP contribution < -0.4 is 0 Å². The minimum atomic E-state index is -0.255. The van der Waals surface area contributed by atoms with Crippen LogP contribution in [0.4, 0.5) is 0 Å². The van der Waals surface area contributed by atoms with Crippen LogP contribution in [0.5, 0.6) is 0 Å². The van der Waals surface area contributed by atoms with Gasteiger partial charge in [0.2, 0.25) is 0 Å². The van der Waals surface area contributed by atoms with E-state index in [-0.39, 0.29) is 12.1 Å². The first-order valence-corrected chi connectivity index (χ1v) is 4.68. The molecule has 14 heavy (non-hydrogen) atoms. The van der Waals surface area contributed by atoms with E-state index < -0.39 is 0 Å². The molecule has 1 unspecified atom stereocenters. The van der Waals surface area contributed by atoms with E-state index in [0.29, 0.717) is 13.1 Å². The highest BCUT2D eigenvalue weighted by atomic mass is 16.3. The van der Waals surface area contributed by atoms with Gasteiger partial charge in [-0.3, -0.25) is 4.90 Å². The molecule has 3 heteroatoms. The molecule has 1 fully saturated rings. The van der Waals surface area contributed by atoms with Crippen LogP contribution in [0.1, 0.15) is 11.6 Å². The Labute approximate surface area is 83.2 Å². The lowest BCUT2D eigenvalue weighted by Gasteiger charge is -2.38. The molecule has 0 spiro atoms. The molecule has 1 atom stereocenters. The Balaban J connectivity index is 2.12. The fraction of sp³-hybridized carbons (Fsp3) is 0.364. The average molecular weight is 188 g/mol. The van der Waals surface area contributed by atoms with Crippen molar-refractivity contribution in [3.05, 3.63) is 35.9 Å². The van der Waals surface area contributed by atoms with Crippen molar-refractivity contribution in [1.29, 1.82) is 5.26 Å². The van der Waals surface area contributed by atoms with Crippen LogP contribution in [0.2, 0.25) is 0 Å². The molecule has 1 aliphatic heterocycles. The average Bonchev–Trinajstić information content (AvgIpc) is 2.18. The van der Waals surface area contributed by atoms with Crippen molar-refractivity contribution in [1.82, 2.24) is 4.90 Å². The fourth-order valence-corrected chi connectivity index (χ4v) is 1.70. The van der Waals surface area contributed by atoms with Gasteiger partial charge in [-0.2, -0.15) is 5.26 Å². The zero-order valence-corrected chi connectivity index (χ0v) is 7.80. The molecule has 2 rings (SSSR count). The second kappa shape index (κ2) is 3.79. The lowest BCUT2D eigenvalue weighted by Crippen LogP contribution is -2.51. The van der Waals surface area contributed by atoms with E-state index in [1.54, 1.807) is 0 Å². The Bertz CT molecular complexity index is 338. The Morgan fingerprint density at radius 3 is 2.50 bits per heavy atom. The number of rotatable bonds is 2. The van der Waals surface area contributed by atoms with E-state index in [0.717, 1.165) is 5.56 Å². The van der Waals surface area contributed by atoms with E-state index in [1.807, 2.05) is 35.2 Å². The minimum absolute atomic E-state index is 0.209. The summed E-state index contributed by atoms with van der Waals surface area (Å²) in [6.07, 6.45) is -0.255. The Morgan fingerprint density at radius 2 is 2.00 bits per heavy atom. The van der Waals surface area contributed by atoms with Gasteiger partial charge in [0.15, 0.2) is 0 Å². The summed E-state index contributed by atoms with van der Waals surface area (Å²) in [7, 11) is 0. The number of aliphatic hydroxyl groups excluding tert-OH is 1. The second-order valence-corrected chi connectivity index (χ2v) is 3.55. The first-order valence-electron chi connectivity index (χ1n) is 4.68. The summed E-state index contributed by atoms with van der Waals surface area (Å²) in [5, 5.41) is 18.2. The number of benzene rings is 1. The molecule has 3 nitrogen and oxygen atoms in total. The molecule has 0 amide bonds. The fourth-order valence-electron chi connectivity index (χ4n) is 1.70. The third-order valence-electron chi connectivity index (χ3n) is 2.49. The number of β-amino-alcohol motifs (C(OH)–C–C–N with tert-alkyl or cyclic N) is 1. The number of nitriles is 1. The van der Waals surface area contributed by atoms with Gasteiger partial charge in [-0.25, -0.2) is 0 Å². The van der Waals surface area contributed by atoms with E-state index in [2.05, 4.69) is 6.07 Å². The highest BCUT2D eigenvalue weighted by molar-refractivity contribution is 5.24. The normalized spacial score (nSPS) is 19.7. The molecule has 0 radical (unpaired) electrons. The van der Waals surface area contributed by atoms with Crippen molar-refractivity contribution in [2.75, 3.05) is 13.1 Å². The van der Waals surface area contributed by atoms with E-state index in [9.17, 15) is 0 Å². The molecular formula is C11H12N2O. The van der Waals surface area contributed by atoms with Crippen LogP contribution in [0, 0.1) is 11.3 Å². The quantitative estimate of drug-likeness (QED) is 0.751. The number of hydrogen-bond donors (Lipinski definition) is 1. The topological polar surface area (TPSA) is 47.3 Å². The monoisotopic (exact) mass is 188 g/mol. The van der Waals surface area contributed by atoms with Crippen molar-refractivity contribution in [3.8, 4) is 6.07 Å². The molecule has 0 saturated carbocycles. The summed E-state index contributed by atoms with van der Waals surface area (Å²) in [6.45, 7) is 1.21. The predicted octanol–water partition coefficient (Wildman–Crippen LogP) is 0.928. The largest absolute Gasteiger partial charge is 0.390 e. The maximum Gasteiger partial charge on any atom is 0.124 e. The summed E-state index contributed by atoms with van der Waals surface area (Å²) >= 11 is 0. The van der Waals surface area contributed by atoms with Crippen LogP contribution >= 0.6 is 0 Å². The van der Waals surface area contributed by atoms with Crippen LogP contribution in [0.3, 0.4) is 0 Å². The summed E-state index contributed by atoms with van der Waals surface area (Å²) < 4.78 is 0. The summed E-state index contributed by atoms with van der Waals surface area (Å²) in [5.74, 6) is 0. The Hall–Kier alpha value is -1.37. The highest BCUT2D eigenvalue weighted by Gasteiger charge is 2.31. The van der Waals surface area contributed by atoms with Crippen molar-refractivity contribution in [3.63, 3.8) is 0 Å². The third kappa shape index (κ3) is 1.63. The number of aliphatic hydroxyl groups is 1. The molecular weight excluding hydrogens is 176 g/mol. The van der Waals surface area contributed by atoms with Crippen LogP contribution in [0.25, 0.3) is 0 Å². The second-order valence-electron chi connectivity index (χ2n) is 3.55. The summed E-state index contributed by atoms with van der Waals surface area (Å²) in [6, 6.07) is 11.7. The third-order valence-corrected chi connectivity index (χ3v) is 2.49. The van der Waals surface area contributed by atoms with Gasteiger partial charge < -0.3 is 5.11 Å². The van der Waals surface area contributed by atoms with Gasteiger partial charge in [0, 0.05) is 13.1 Å². The summed E-state index contributed by atoms with van der Waals surface area (Å²) in [5.41, 5.74) is 1.00. The molecule has 0 aliphatic carbocycles. The molecule has 1 aromatic carbocycles. The predicted molar refractivity (Wildman–Crippen MR) is 52.4 cm³/mol. The minimum Gasteiger partial charge on any atom is -0.390 e. The Morgan fingerprint density at radius 1 is 1.36 bits per heavy atom. The lowest BCUT2D eigenvalue weighted by atomic mass is 10.0. The van der Waals surface area contributed by atoms with Gasteiger partial charge in [0.1, 0.15) is 6.04 Å². The van der Waals surface area contributed by atoms with Crippen LogP contribution in [0.15, 0.2) is 30.3 Å². The van der Waals surface area contributed by atoms with Gasteiger partial charge in [-0.15, -0.1) is 0 Å². The van der Waals surface area contributed by atoms with Gasteiger partial charge in [0.05, 0.1) is 12.2 Å². The maximum absolute atomic E-state index is 9.16. The first kappa shape index (κ1) is 9.20. The van der Waals surface area contributed by atoms with Gasteiger partial charge in [-0.1, -0.05) is 30.3 Å². The first-order chi connectivity index (χ1) is 6.81. The van der Waals surface area contributed by atoms with Gasteiger partial charge >= 0.3 is 0 Å². The number of nitrogens with zero attached hydrogens (tertiary/aromatic N) is 2. The van der Waals surface area contributed by atoms with E-state index >= 15 is 0 Å². The van der Waals surface area contributed by atoms with Gasteiger partial charge in [0.25, 0.3) is 0 Å². The molecule has 0 aromatic heterocycles. The van der Waals surface area contributed by atoms with Crippen molar-refractivity contribution < 1.29 is 5.11 Å². The number of likely N-dealkylation sites (tertiary alicyclic amines) is 1. The molecule has 72 valence electrons. The highest BCUT2D eigenvalue weighted by Crippen LogP contribution is 2.24. The molecule has 1 saturated heterocycles. The zero-order chi connectivity index (χ0) is 9.97. The molecule has 1 aliphatic rings. The molecule has 0 bridgehead atoms. The van der Waals surface area contributed by atoms with Crippen LogP contribution in [-0.4, -0.2) is 29.2 Å². The van der Waals surface area contributed by atoms with E-state index in [1.165, 1.54) is 0 Å². The number of hydrogen-bond acceptors (Lipinski definition) is 3. The van der Waals surface area contributed by atoms with Crippen molar-refractivity contribution in [2.45, 2.75) is 12.1 Å². The molecule has 1 N–H and O–H groups in total. The standard InChI is InChI=1S/C11H12N2O/c12-6-11(13-7-10(14)8-13)9-4-2-1-3-5-9/h1-5,10-11,14H,7-8H2. The smallest absolute Gasteiger partial charge is 0.124 e. The zero-order valence-electron chi connectivity index (χ0n) is 7.80. The molecule has 1 heterocycles. The van der Waals surface area contributed by atoms with Crippen molar-refractivity contribution >= 4 is 0 Å². The lowest BCUT2D eigenvalue weighted by molar-refractivity contribution is -0.0127.